The van der Waals surface area contributed by atoms with E-state index < -0.39 is 0 Å². The van der Waals surface area contributed by atoms with Crippen LogP contribution < -0.4 is 4.74 Å². The summed E-state index contributed by atoms with van der Waals surface area (Å²) >= 11 is 1.33. The van der Waals surface area contributed by atoms with Gasteiger partial charge in [-0.15, -0.1) is 10.2 Å². The van der Waals surface area contributed by atoms with E-state index in [4.69, 9.17) is 4.74 Å². The maximum Gasteiger partial charge on any atom is 0.253 e. The third-order valence-corrected chi connectivity index (χ3v) is 6.37. The molecule has 1 saturated heterocycles. The number of nitrogens with zero attached hydrogens (tertiary/aromatic N) is 5. The molecule has 0 saturated carbocycles. The molecule has 0 atom stereocenters. The first kappa shape index (κ1) is 22.8. The van der Waals surface area contributed by atoms with Crippen LogP contribution in [0.15, 0.2) is 53.7 Å². The van der Waals surface area contributed by atoms with Crippen LogP contribution in [0.3, 0.4) is 0 Å². The van der Waals surface area contributed by atoms with Crippen molar-refractivity contribution < 1.29 is 18.7 Å². The highest BCUT2D eigenvalue weighted by Gasteiger charge is 2.25. The number of aromatic nitrogens is 3. The van der Waals surface area contributed by atoms with E-state index in [1.807, 2.05) is 35.8 Å². The van der Waals surface area contributed by atoms with Crippen LogP contribution in [-0.2, 0) is 4.79 Å². The van der Waals surface area contributed by atoms with E-state index in [9.17, 15) is 14.0 Å². The molecule has 0 unspecified atom stereocenters. The average molecular weight is 470 g/mol. The number of carbonyl (C=O) groups is 2. The normalized spacial score (nSPS) is 13.8. The van der Waals surface area contributed by atoms with Gasteiger partial charge in [-0.2, -0.15) is 0 Å². The zero-order chi connectivity index (χ0) is 23.4. The van der Waals surface area contributed by atoms with Gasteiger partial charge in [-0.05, 0) is 55.5 Å². The van der Waals surface area contributed by atoms with Gasteiger partial charge >= 0.3 is 0 Å². The lowest BCUT2D eigenvalue weighted by Crippen LogP contribution is -2.51. The molecule has 1 aromatic heterocycles. The zero-order valence-corrected chi connectivity index (χ0v) is 19.2. The Hall–Kier alpha value is -3.40. The lowest BCUT2D eigenvalue weighted by molar-refractivity contribution is -0.129. The standard InChI is InChI=1S/C23H24FN5O3S/c1-16-25-26-23(29(16)19-7-9-20(32-2)10-8-19)33-15-21(30)27-11-13-28(14-12-27)22(31)17-3-5-18(24)6-4-17/h3-10H,11-15H2,1-2H3. The van der Waals surface area contributed by atoms with Gasteiger partial charge in [-0.25, -0.2) is 4.39 Å². The van der Waals surface area contributed by atoms with Crippen LogP contribution in [0.1, 0.15) is 16.2 Å². The van der Waals surface area contributed by atoms with Crippen LogP contribution in [0.5, 0.6) is 5.75 Å². The molecule has 1 aliphatic rings. The molecule has 4 rings (SSSR count). The van der Waals surface area contributed by atoms with Crippen molar-refractivity contribution in [3.8, 4) is 11.4 Å². The molecule has 0 bridgehead atoms. The smallest absolute Gasteiger partial charge is 0.253 e. The van der Waals surface area contributed by atoms with Crippen LogP contribution in [0.25, 0.3) is 5.69 Å². The number of methoxy groups -OCH3 is 1. The van der Waals surface area contributed by atoms with Crippen molar-refractivity contribution in [2.45, 2.75) is 12.1 Å². The van der Waals surface area contributed by atoms with E-state index in [0.717, 1.165) is 17.3 Å². The SMILES string of the molecule is COc1ccc(-n2c(C)nnc2SCC(=O)N2CCN(C(=O)c3ccc(F)cc3)CC2)cc1. The van der Waals surface area contributed by atoms with Crippen molar-refractivity contribution in [1.82, 2.24) is 24.6 Å². The molecule has 2 aromatic carbocycles. The number of rotatable bonds is 6. The van der Waals surface area contributed by atoms with E-state index >= 15 is 0 Å². The molecule has 10 heteroatoms. The van der Waals surface area contributed by atoms with E-state index in [-0.39, 0.29) is 23.4 Å². The average Bonchev–Trinajstić information content (AvgIpc) is 3.22. The molecule has 2 heterocycles. The predicted molar refractivity (Wildman–Crippen MR) is 122 cm³/mol. The van der Waals surface area contributed by atoms with Gasteiger partial charge in [-0.3, -0.25) is 14.2 Å². The number of hydrogen-bond donors (Lipinski definition) is 0. The van der Waals surface area contributed by atoms with E-state index in [1.54, 1.807) is 16.9 Å². The Labute approximate surface area is 195 Å². The molecule has 1 fully saturated rings. The van der Waals surface area contributed by atoms with Crippen LogP contribution in [-0.4, -0.2) is 75.4 Å². The Balaban J connectivity index is 1.33. The summed E-state index contributed by atoms with van der Waals surface area (Å²) in [4.78, 5) is 28.8. The summed E-state index contributed by atoms with van der Waals surface area (Å²) in [5.74, 6) is 1.15. The fraction of sp³-hybridized carbons (Fsp3) is 0.304. The van der Waals surface area contributed by atoms with Gasteiger partial charge < -0.3 is 14.5 Å². The lowest BCUT2D eigenvalue weighted by atomic mass is 10.2. The molecule has 0 aliphatic carbocycles. The van der Waals surface area contributed by atoms with Crippen molar-refractivity contribution in [3.05, 3.63) is 65.7 Å². The van der Waals surface area contributed by atoms with E-state index in [0.29, 0.717) is 36.9 Å². The van der Waals surface area contributed by atoms with E-state index in [1.165, 1.54) is 36.0 Å². The minimum Gasteiger partial charge on any atom is -0.497 e. The summed E-state index contributed by atoms with van der Waals surface area (Å²) in [6.45, 7) is 3.65. The Bertz CT molecular complexity index is 1130. The monoisotopic (exact) mass is 469 g/mol. The number of halogens is 1. The van der Waals surface area contributed by atoms with Crippen LogP contribution in [0, 0.1) is 12.7 Å². The van der Waals surface area contributed by atoms with Crippen molar-refractivity contribution in [2.75, 3.05) is 39.0 Å². The molecule has 33 heavy (non-hydrogen) atoms. The van der Waals surface area contributed by atoms with Gasteiger partial charge in [0.15, 0.2) is 5.16 Å². The molecule has 2 amide bonds. The second kappa shape index (κ2) is 10.0. The molecule has 0 spiro atoms. The quantitative estimate of drug-likeness (QED) is 0.517. The van der Waals surface area contributed by atoms with Gasteiger partial charge in [0.2, 0.25) is 5.91 Å². The van der Waals surface area contributed by atoms with Crippen molar-refractivity contribution in [1.29, 1.82) is 0 Å². The topological polar surface area (TPSA) is 80.6 Å². The fourth-order valence-electron chi connectivity index (χ4n) is 3.62. The lowest BCUT2D eigenvalue weighted by Gasteiger charge is -2.34. The maximum atomic E-state index is 13.1. The number of benzene rings is 2. The van der Waals surface area contributed by atoms with Crippen molar-refractivity contribution in [3.63, 3.8) is 0 Å². The first-order valence-electron chi connectivity index (χ1n) is 10.5. The second-order valence-corrected chi connectivity index (χ2v) is 8.47. The molecule has 1 aliphatic heterocycles. The van der Waals surface area contributed by atoms with Gasteiger partial charge in [0.05, 0.1) is 12.9 Å². The van der Waals surface area contributed by atoms with E-state index in [2.05, 4.69) is 10.2 Å². The third kappa shape index (κ3) is 5.16. The highest BCUT2D eigenvalue weighted by Crippen LogP contribution is 2.24. The predicted octanol–water partition coefficient (Wildman–Crippen LogP) is 2.80. The minimum atomic E-state index is -0.377. The number of piperazine rings is 1. The highest BCUT2D eigenvalue weighted by atomic mass is 32.2. The Kier molecular flexibility index (Phi) is 6.93. The Morgan fingerprint density at radius 3 is 2.24 bits per heavy atom. The van der Waals surface area contributed by atoms with Gasteiger partial charge in [0.25, 0.3) is 5.91 Å². The van der Waals surface area contributed by atoms with Crippen molar-refractivity contribution >= 4 is 23.6 Å². The highest BCUT2D eigenvalue weighted by molar-refractivity contribution is 7.99. The van der Waals surface area contributed by atoms with Crippen molar-refractivity contribution in [2.24, 2.45) is 0 Å². The zero-order valence-electron chi connectivity index (χ0n) is 18.4. The number of thioether (sulfide) groups is 1. The first-order valence-corrected chi connectivity index (χ1v) is 11.5. The van der Waals surface area contributed by atoms with Crippen LogP contribution in [0.4, 0.5) is 4.39 Å². The summed E-state index contributed by atoms with van der Waals surface area (Å²) in [6, 6.07) is 13.1. The molecule has 8 nitrogen and oxygen atoms in total. The number of amides is 2. The fourth-order valence-corrected chi connectivity index (χ4v) is 4.52. The first-order chi connectivity index (χ1) is 16.0. The number of ether oxygens (including phenoxy) is 1. The summed E-state index contributed by atoms with van der Waals surface area (Å²) in [5, 5.41) is 9.01. The summed E-state index contributed by atoms with van der Waals surface area (Å²) in [7, 11) is 1.62. The second-order valence-electron chi connectivity index (χ2n) is 7.53. The summed E-state index contributed by atoms with van der Waals surface area (Å²) in [5.41, 5.74) is 1.33. The molecule has 0 radical (unpaired) electrons. The third-order valence-electron chi connectivity index (χ3n) is 5.46. The number of hydrogen-bond acceptors (Lipinski definition) is 6. The molecular weight excluding hydrogens is 445 g/mol. The van der Waals surface area contributed by atoms with Crippen LogP contribution >= 0.6 is 11.8 Å². The van der Waals surface area contributed by atoms with Gasteiger partial charge in [0.1, 0.15) is 17.4 Å². The number of aryl methyl sites for hydroxylation is 1. The minimum absolute atomic E-state index is 0.0178. The number of carbonyl (C=O) groups excluding carboxylic acids is 2. The molecular formula is C23H24FN5O3S. The van der Waals surface area contributed by atoms with Gasteiger partial charge in [0, 0.05) is 37.4 Å². The summed E-state index contributed by atoms with van der Waals surface area (Å²) < 4.78 is 20.2. The summed E-state index contributed by atoms with van der Waals surface area (Å²) in [6.07, 6.45) is 0. The maximum absolute atomic E-state index is 13.1. The largest absolute Gasteiger partial charge is 0.497 e. The van der Waals surface area contributed by atoms with Crippen LogP contribution in [0.2, 0.25) is 0 Å². The molecule has 172 valence electrons. The Morgan fingerprint density at radius 2 is 1.61 bits per heavy atom. The molecule has 3 aromatic rings. The van der Waals surface area contributed by atoms with Gasteiger partial charge in [-0.1, -0.05) is 11.8 Å². The Morgan fingerprint density at radius 1 is 0.970 bits per heavy atom. The molecule has 0 N–H and O–H groups in total.